The average Bonchev–Trinajstić information content (AvgIpc) is 2.47. The molecule has 15 heavy (non-hydrogen) atoms. The van der Waals surface area contributed by atoms with Crippen molar-refractivity contribution in [2.75, 3.05) is 13.1 Å². The Kier molecular flexibility index (Phi) is 2.39. The number of likely N-dealkylation sites (tertiary alicyclic amines) is 1. The van der Waals surface area contributed by atoms with Gasteiger partial charge in [-0.25, -0.2) is 10.3 Å². The van der Waals surface area contributed by atoms with Gasteiger partial charge in [0, 0.05) is 13.1 Å². The number of hydroxylamine groups is 1. The van der Waals surface area contributed by atoms with E-state index in [1.807, 2.05) is 5.48 Å². The monoisotopic (exact) mass is 214 g/mol. The Morgan fingerprint density at radius 1 is 1.33 bits per heavy atom. The minimum Gasteiger partial charge on any atom is -0.465 e. The van der Waals surface area contributed by atoms with E-state index in [4.69, 9.17) is 15.7 Å². The first kappa shape index (κ1) is 10.0. The molecule has 84 valence electrons. The fourth-order valence-electron chi connectivity index (χ4n) is 2.48. The van der Waals surface area contributed by atoms with Crippen LogP contribution in [0.5, 0.6) is 0 Å². The molecule has 0 radical (unpaired) electrons. The molecule has 2 atom stereocenters. The van der Waals surface area contributed by atoms with Crippen LogP contribution in [0.4, 0.5) is 4.79 Å². The van der Waals surface area contributed by atoms with E-state index in [2.05, 4.69) is 0 Å². The number of hydrogen-bond acceptors (Lipinski definition) is 3. The standard InChI is InChI=1S/C8H14N4O3/c9-7(10-15)12-5-1-2-6(12)4-11(3-5)8(13)14/h5-6,15H,1-4H2,(H2,9,10)(H,13,14). The van der Waals surface area contributed by atoms with E-state index in [0.29, 0.717) is 13.1 Å². The summed E-state index contributed by atoms with van der Waals surface area (Å²) in [5, 5.41) is 25.1. The molecule has 2 fully saturated rings. The van der Waals surface area contributed by atoms with E-state index < -0.39 is 6.09 Å². The van der Waals surface area contributed by atoms with Crippen LogP contribution in [0.1, 0.15) is 12.8 Å². The predicted octanol–water partition coefficient (Wildman–Crippen LogP) is -0.273. The number of carboxylic acid groups (broad SMARTS) is 1. The molecule has 0 saturated carbocycles. The van der Waals surface area contributed by atoms with Crippen LogP contribution in [-0.2, 0) is 0 Å². The van der Waals surface area contributed by atoms with Crippen LogP contribution in [0.15, 0.2) is 0 Å². The topological polar surface area (TPSA) is 99.9 Å². The molecule has 4 N–H and O–H groups in total. The molecule has 2 heterocycles. The molecular formula is C8H14N4O3. The van der Waals surface area contributed by atoms with Gasteiger partial charge in [-0.2, -0.15) is 0 Å². The normalized spacial score (nSPS) is 29.1. The van der Waals surface area contributed by atoms with Gasteiger partial charge >= 0.3 is 6.09 Å². The molecule has 2 saturated heterocycles. The van der Waals surface area contributed by atoms with Crippen molar-refractivity contribution in [3.05, 3.63) is 0 Å². The summed E-state index contributed by atoms with van der Waals surface area (Å²) in [7, 11) is 0. The van der Waals surface area contributed by atoms with Crippen molar-refractivity contribution < 1.29 is 15.1 Å². The molecule has 1 amide bonds. The Balaban J connectivity index is 2.10. The van der Waals surface area contributed by atoms with Crippen LogP contribution >= 0.6 is 0 Å². The average molecular weight is 214 g/mol. The Bertz CT molecular complexity index is 282. The molecule has 0 aliphatic carbocycles. The summed E-state index contributed by atoms with van der Waals surface area (Å²) in [6, 6.07) is 0.0407. The van der Waals surface area contributed by atoms with Crippen LogP contribution in [-0.4, -0.2) is 57.3 Å². The van der Waals surface area contributed by atoms with Crippen LogP contribution in [0.3, 0.4) is 0 Å². The first-order chi connectivity index (χ1) is 7.13. The first-order valence-corrected chi connectivity index (χ1v) is 4.88. The second-order valence-corrected chi connectivity index (χ2v) is 3.94. The van der Waals surface area contributed by atoms with Gasteiger partial charge in [0.2, 0.25) is 5.96 Å². The number of hydrogen-bond donors (Lipinski definition) is 4. The minimum atomic E-state index is -0.907. The maximum absolute atomic E-state index is 10.8. The molecule has 2 aliphatic heterocycles. The number of fused-ring (bicyclic) bond motifs is 2. The Morgan fingerprint density at radius 2 is 1.87 bits per heavy atom. The van der Waals surface area contributed by atoms with Crippen LogP contribution in [0.2, 0.25) is 0 Å². The largest absolute Gasteiger partial charge is 0.465 e. The molecule has 2 aliphatic rings. The van der Waals surface area contributed by atoms with Crippen molar-refractivity contribution in [2.24, 2.45) is 0 Å². The molecule has 0 aromatic heterocycles. The lowest BCUT2D eigenvalue weighted by Crippen LogP contribution is -2.59. The summed E-state index contributed by atoms with van der Waals surface area (Å²) in [6.45, 7) is 0.825. The highest BCUT2D eigenvalue weighted by Crippen LogP contribution is 2.29. The van der Waals surface area contributed by atoms with E-state index in [9.17, 15) is 4.79 Å². The molecule has 2 bridgehead atoms. The molecule has 0 aromatic carbocycles. The number of nitrogens with one attached hydrogen (secondary N) is 2. The summed E-state index contributed by atoms with van der Waals surface area (Å²) in [5.41, 5.74) is 1.82. The maximum Gasteiger partial charge on any atom is 0.407 e. The lowest BCUT2D eigenvalue weighted by molar-refractivity contribution is 0.0884. The quantitative estimate of drug-likeness (QED) is 0.252. The van der Waals surface area contributed by atoms with Gasteiger partial charge in [-0.3, -0.25) is 10.6 Å². The number of guanidine groups is 1. The summed E-state index contributed by atoms with van der Waals surface area (Å²) in [5.74, 6) is -0.0347. The number of carbonyl (C=O) groups is 1. The van der Waals surface area contributed by atoms with Gasteiger partial charge in [-0.1, -0.05) is 0 Å². The molecule has 7 heteroatoms. The third-order valence-electron chi connectivity index (χ3n) is 3.12. The molecule has 0 aromatic rings. The summed E-state index contributed by atoms with van der Waals surface area (Å²) >= 11 is 0. The second-order valence-electron chi connectivity index (χ2n) is 3.94. The zero-order valence-corrected chi connectivity index (χ0v) is 8.18. The van der Waals surface area contributed by atoms with E-state index in [1.54, 1.807) is 4.90 Å². The third kappa shape index (κ3) is 1.58. The Labute approximate surface area is 86.7 Å². The molecule has 2 rings (SSSR count). The van der Waals surface area contributed by atoms with E-state index in [0.717, 1.165) is 12.8 Å². The van der Waals surface area contributed by atoms with Gasteiger partial charge in [-0.15, -0.1) is 0 Å². The molecular weight excluding hydrogens is 200 g/mol. The van der Waals surface area contributed by atoms with Crippen molar-refractivity contribution >= 4 is 12.1 Å². The fourth-order valence-corrected chi connectivity index (χ4v) is 2.48. The number of piperazine rings is 1. The molecule has 7 nitrogen and oxygen atoms in total. The van der Waals surface area contributed by atoms with Crippen LogP contribution < -0.4 is 5.48 Å². The fraction of sp³-hybridized carbons (Fsp3) is 0.750. The SMILES string of the molecule is N=C(NO)N1C2CCC1CN(C(=O)O)C2. The van der Waals surface area contributed by atoms with Gasteiger partial charge in [0.25, 0.3) is 0 Å². The van der Waals surface area contributed by atoms with Crippen LogP contribution in [0, 0.1) is 5.41 Å². The highest BCUT2D eigenvalue weighted by molar-refractivity contribution is 5.77. The summed E-state index contributed by atoms with van der Waals surface area (Å²) in [6.07, 6.45) is 0.840. The van der Waals surface area contributed by atoms with Crippen molar-refractivity contribution in [3.8, 4) is 0 Å². The Hall–Kier alpha value is -1.50. The van der Waals surface area contributed by atoms with E-state index >= 15 is 0 Å². The van der Waals surface area contributed by atoms with Gasteiger partial charge in [0.05, 0.1) is 12.1 Å². The van der Waals surface area contributed by atoms with E-state index in [1.165, 1.54) is 4.90 Å². The maximum atomic E-state index is 10.8. The summed E-state index contributed by atoms with van der Waals surface area (Å²) < 4.78 is 0. The highest BCUT2D eigenvalue weighted by Gasteiger charge is 2.42. The molecule has 2 unspecified atom stereocenters. The van der Waals surface area contributed by atoms with Crippen molar-refractivity contribution in [3.63, 3.8) is 0 Å². The second kappa shape index (κ2) is 3.58. The lowest BCUT2D eigenvalue weighted by atomic mass is 10.2. The first-order valence-electron chi connectivity index (χ1n) is 4.88. The zero-order valence-electron chi connectivity index (χ0n) is 8.18. The van der Waals surface area contributed by atoms with Crippen molar-refractivity contribution in [1.29, 1.82) is 5.41 Å². The van der Waals surface area contributed by atoms with Gasteiger partial charge in [0.1, 0.15) is 0 Å². The van der Waals surface area contributed by atoms with Crippen LogP contribution in [0.25, 0.3) is 0 Å². The minimum absolute atomic E-state index is 0.0204. The predicted molar refractivity (Wildman–Crippen MR) is 50.9 cm³/mol. The van der Waals surface area contributed by atoms with Crippen molar-refractivity contribution in [2.45, 2.75) is 24.9 Å². The van der Waals surface area contributed by atoms with Gasteiger partial charge in [0.15, 0.2) is 0 Å². The molecule has 0 spiro atoms. The van der Waals surface area contributed by atoms with Gasteiger partial charge in [-0.05, 0) is 12.8 Å². The van der Waals surface area contributed by atoms with E-state index in [-0.39, 0.29) is 18.0 Å². The highest BCUT2D eigenvalue weighted by atomic mass is 16.5. The third-order valence-corrected chi connectivity index (χ3v) is 3.12. The van der Waals surface area contributed by atoms with Crippen molar-refractivity contribution in [1.82, 2.24) is 15.3 Å². The van der Waals surface area contributed by atoms with Gasteiger partial charge < -0.3 is 14.9 Å². The zero-order chi connectivity index (χ0) is 11.0. The number of nitrogens with zero attached hydrogens (tertiary/aromatic N) is 2. The Morgan fingerprint density at radius 3 is 2.27 bits per heavy atom. The number of amides is 1. The summed E-state index contributed by atoms with van der Waals surface area (Å²) in [4.78, 5) is 13.9. The lowest BCUT2D eigenvalue weighted by Gasteiger charge is -2.40. The smallest absolute Gasteiger partial charge is 0.407 e. The number of rotatable bonds is 0.